The highest BCUT2D eigenvalue weighted by Gasteiger charge is 2.29. The molecule has 3 rings (SSSR count). The van der Waals surface area contributed by atoms with Crippen LogP contribution >= 0.6 is 11.3 Å². The molecule has 0 bridgehead atoms. The number of hydrogen-bond acceptors (Lipinski definition) is 5. The van der Waals surface area contributed by atoms with Gasteiger partial charge in [-0.15, -0.1) is 11.3 Å². The van der Waals surface area contributed by atoms with Gasteiger partial charge in [-0.2, -0.15) is 4.98 Å². The summed E-state index contributed by atoms with van der Waals surface area (Å²) in [4.78, 5) is 20.8. The molecule has 1 amide bonds. The maximum absolute atomic E-state index is 12.5. The van der Waals surface area contributed by atoms with Gasteiger partial charge in [-0.1, -0.05) is 12.1 Å². The van der Waals surface area contributed by atoms with Crippen LogP contribution in [0.1, 0.15) is 51.9 Å². The number of rotatable bonds is 3. The van der Waals surface area contributed by atoms with Gasteiger partial charge in [0.15, 0.2) is 5.82 Å². The molecule has 0 aliphatic carbocycles. The summed E-state index contributed by atoms with van der Waals surface area (Å²) >= 11 is 1.55. The molecule has 1 saturated heterocycles. The third-order valence-corrected chi connectivity index (χ3v) is 4.80. The van der Waals surface area contributed by atoms with E-state index in [1.165, 1.54) is 0 Å². The number of aryl methyl sites for hydroxylation is 2. The van der Waals surface area contributed by atoms with Crippen LogP contribution in [0.15, 0.2) is 16.7 Å². The van der Waals surface area contributed by atoms with Crippen molar-refractivity contribution in [2.75, 3.05) is 13.1 Å². The Bertz CT molecular complexity index is 634. The summed E-state index contributed by atoms with van der Waals surface area (Å²) in [6.07, 6.45) is 2.75. The van der Waals surface area contributed by atoms with Gasteiger partial charge in [-0.25, -0.2) is 0 Å². The largest absolute Gasteiger partial charge is 0.339 e. The van der Waals surface area contributed by atoms with Crippen LogP contribution in [0.4, 0.5) is 0 Å². The van der Waals surface area contributed by atoms with Crippen LogP contribution in [0.3, 0.4) is 0 Å². The lowest BCUT2D eigenvalue weighted by atomic mass is 9.98. The minimum absolute atomic E-state index is 0.119. The SMILES string of the molecule is CCc1noc(C2CCCN(C(=O)c3ccc(C)s3)C2)n1. The standard InChI is InChI=1S/C15H19N3O2S/c1-3-13-16-14(20-17-13)11-5-4-8-18(9-11)15(19)12-7-6-10(2)21-12/h6-7,11H,3-5,8-9H2,1-2H3. The van der Waals surface area contributed by atoms with E-state index in [1.54, 1.807) is 11.3 Å². The van der Waals surface area contributed by atoms with Crippen LogP contribution < -0.4 is 0 Å². The zero-order valence-corrected chi connectivity index (χ0v) is 13.2. The summed E-state index contributed by atoms with van der Waals surface area (Å²) in [5, 5.41) is 3.95. The Morgan fingerprint density at radius 3 is 3.05 bits per heavy atom. The highest BCUT2D eigenvalue weighted by Crippen LogP contribution is 2.27. The Morgan fingerprint density at radius 1 is 1.52 bits per heavy atom. The van der Waals surface area contributed by atoms with Crippen molar-refractivity contribution in [2.45, 2.75) is 39.0 Å². The first-order chi connectivity index (χ1) is 10.2. The van der Waals surface area contributed by atoms with Gasteiger partial charge in [0.2, 0.25) is 5.89 Å². The van der Waals surface area contributed by atoms with Crippen molar-refractivity contribution < 1.29 is 9.32 Å². The normalized spacial score (nSPS) is 19.0. The molecule has 2 aromatic rings. The Balaban J connectivity index is 1.72. The monoisotopic (exact) mass is 305 g/mol. The molecule has 1 aliphatic heterocycles. The van der Waals surface area contributed by atoms with Gasteiger partial charge < -0.3 is 9.42 Å². The van der Waals surface area contributed by atoms with E-state index in [4.69, 9.17) is 4.52 Å². The zero-order valence-electron chi connectivity index (χ0n) is 12.3. The van der Waals surface area contributed by atoms with Crippen molar-refractivity contribution in [3.63, 3.8) is 0 Å². The summed E-state index contributed by atoms with van der Waals surface area (Å²) in [6.45, 7) is 5.50. The zero-order chi connectivity index (χ0) is 14.8. The molecule has 21 heavy (non-hydrogen) atoms. The lowest BCUT2D eigenvalue weighted by Gasteiger charge is -2.30. The third-order valence-electron chi connectivity index (χ3n) is 3.81. The van der Waals surface area contributed by atoms with Crippen molar-refractivity contribution in [3.05, 3.63) is 33.6 Å². The van der Waals surface area contributed by atoms with E-state index in [0.29, 0.717) is 12.4 Å². The number of carbonyl (C=O) groups is 1. The Kier molecular flexibility index (Phi) is 4.05. The predicted molar refractivity (Wildman–Crippen MR) is 80.6 cm³/mol. The minimum Gasteiger partial charge on any atom is -0.339 e. The predicted octanol–water partition coefficient (Wildman–Crippen LogP) is 3.02. The van der Waals surface area contributed by atoms with E-state index in [-0.39, 0.29) is 11.8 Å². The number of piperidine rings is 1. The second-order valence-corrected chi connectivity index (χ2v) is 6.69. The van der Waals surface area contributed by atoms with E-state index in [1.807, 2.05) is 30.9 Å². The lowest BCUT2D eigenvalue weighted by Crippen LogP contribution is -2.38. The van der Waals surface area contributed by atoms with E-state index >= 15 is 0 Å². The van der Waals surface area contributed by atoms with Gasteiger partial charge in [0.05, 0.1) is 10.8 Å². The molecule has 0 saturated carbocycles. The molecule has 1 fully saturated rings. The quantitative estimate of drug-likeness (QED) is 0.874. The molecule has 0 spiro atoms. The number of thiophene rings is 1. The average Bonchev–Trinajstić information content (AvgIpc) is 3.15. The number of aromatic nitrogens is 2. The highest BCUT2D eigenvalue weighted by molar-refractivity contribution is 7.13. The van der Waals surface area contributed by atoms with Gasteiger partial charge in [0.1, 0.15) is 0 Å². The smallest absolute Gasteiger partial charge is 0.263 e. The van der Waals surface area contributed by atoms with Crippen molar-refractivity contribution >= 4 is 17.2 Å². The molecule has 0 radical (unpaired) electrons. The molecular weight excluding hydrogens is 286 g/mol. The first kappa shape index (κ1) is 14.3. The highest BCUT2D eigenvalue weighted by atomic mass is 32.1. The van der Waals surface area contributed by atoms with Crippen LogP contribution in [0.25, 0.3) is 0 Å². The Morgan fingerprint density at radius 2 is 2.38 bits per heavy atom. The van der Waals surface area contributed by atoms with Crippen LogP contribution in [-0.4, -0.2) is 34.0 Å². The van der Waals surface area contributed by atoms with Crippen LogP contribution in [-0.2, 0) is 6.42 Å². The number of nitrogens with zero attached hydrogens (tertiary/aromatic N) is 3. The van der Waals surface area contributed by atoms with Crippen LogP contribution in [0.2, 0.25) is 0 Å². The molecule has 5 nitrogen and oxygen atoms in total. The van der Waals surface area contributed by atoms with E-state index < -0.39 is 0 Å². The Hall–Kier alpha value is -1.69. The van der Waals surface area contributed by atoms with Gasteiger partial charge >= 0.3 is 0 Å². The second-order valence-electron chi connectivity index (χ2n) is 5.40. The fraction of sp³-hybridized carbons (Fsp3) is 0.533. The molecule has 6 heteroatoms. The van der Waals surface area contributed by atoms with Gasteiger partial charge in [-0.05, 0) is 31.9 Å². The summed E-state index contributed by atoms with van der Waals surface area (Å²) in [5.74, 6) is 1.69. The fourth-order valence-electron chi connectivity index (χ4n) is 2.65. The molecule has 0 N–H and O–H groups in total. The van der Waals surface area contributed by atoms with Crippen molar-refractivity contribution in [1.82, 2.24) is 15.0 Å². The van der Waals surface area contributed by atoms with Gasteiger partial charge in [-0.3, -0.25) is 4.79 Å². The van der Waals surface area contributed by atoms with Crippen molar-refractivity contribution in [3.8, 4) is 0 Å². The molecule has 112 valence electrons. The maximum atomic E-state index is 12.5. The summed E-state index contributed by atoms with van der Waals surface area (Å²) in [5.41, 5.74) is 0. The Labute approximate surface area is 128 Å². The molecule has 1 aliphatic rings. The molecule has 1 atom stereocenters. The topological polar surface area (TPSA) is 59.2 Å². The summed E-state index contributed by atoms with van der Waals surface area (Å²) in [7, 11) is 0. The summed E-state index contributed by atoms with van der Waals surface area (Å²) < 4.78 is 5.34. The van der Waals surface area contributed by atoms with Gasteiger partial charge in [0, 0.05) is 24.4 Å². The van der Waals surface area contributed by atoms with E-state index in [9.17, 15) is 4.79 Å². The minimum atomic E-state index is 0.119. The first-order valence-electron chi connectivity index (χ1n) is 7.35. The lowest BCUT2D eigenvalue weighted by molar-refractivity contribution is 0.0700. The molecule has 3 heterocycles. The summed E-state index contributed by atoms with van der Waals surface area (Å²) in [6, 6.07) is 3.90. The number of amides is 1. The molecule has 0 aromatic carbocycles. The maximum Gasteiger partial charge on any atom is 0.263 e. The van der Waals surface area contributed by atoms with Crippen molar-refractivity contribution in [1.29, 1.82) is 0 Å². The van der Waals surface area contributed by atoms with E-state index in [2.05, 4.69) is 10.1 Å². The van der Waals surface area contributed by atoms with Gasteiger partial charge in [0.25, 0.3) is 5.91 Å². The molecular formula is C15H19N3O2S. The number of likely N-dealkylation sites (tertiary alicyclic amines) is 1. The van der Waals surface area contributed by atoms with Crippen LogP contribution in [0.5, 0.6) is 0 Å². The van der Waals surface area contributed by atoms with E-state index in [0.717, 1.165) is 41.4 Å². The fourth-order valence-corrected chi connectivity index (χ4v) is 3.48. The molecule has 1 unspecified atom stereocenters. The third kappa shape index (κ3) is 3.00. The van der Waals surface area contributed by atoms with Crippen LogP contribution in [0, 0.1) is 6.92 Å². The average molecular weight is 305 g/mol. The van der Waals surface area contributed by atoms with Crippen molar-refractivity contribution in [2.24, 2.45) is 0 Å². The first-order valence-corrected chi connectivity index (χ1v) is 8.17. The number of hydrogen-bond donors (Lipinski definition) is 0. The number of carbonyl (C=O) groups excluding carboxylic acids is 1. The molecule has 2 aromatic heterocycles. The second kappa shape index (κ2) is 5.97.